The fourth-order valence-electron chi connectivity index (χ4n) is 5.50. The molecular formula is C34H22Cl4N2O8S5. The molecule has 0 bridgehead atoms. The lowest BCUT2D eigenvalue weighted by Crippen LogP contribution is -2.39. The van der Waals surface area contributed by atoms with Gasteiger partial charge in [-0.15, -0.1) is 0 Å². The minimum absolute atomic E-state index is 0.00464. The lowest BCUT2D eigenvalue weighted by Gasteiger charge is -2.31. The van der Waals surface area contributed by atoms with Gasteiger partial charge in [0.05, 0.1) is 36.7 Å². The van der Waals surface area contributed by atoms with Crippen molar-refractivity contribution in [2.75, 3.05) is 18.1 Å². The molecule has 2 aromatic heterocycles. The lowest BCUT2D eigenvalue weighted by atomic mass is 10.2. The molecule has 3 aliphatic heterocycles. The van der Waals surface area contributed by atoms with E-state index in [1.165, 1.54) is 11.0 Å². The zero-order chi connectivity index (χ0) is 37.6. The van der Waals surface area contributed by atoms with Crippen molar-refractivity contribution in [2.45, 2.75) is 12.5 Å². The molecule has 1 N–H and O–H groups in total. The van der Waals surface area contributed by atoms with Crippen LogP contribution in [0.15, 0.2) is 79.3 Å². The second-order valence-electron chi connectivity index (χ2n) is 11.6. The Labute approximate surface area is 343 Å². The van der Waals surface area contributed by atoms with Crippen LogP contribution in [0.2, 0.25) is 20.1 Å². The third-order valence-electron chi connectivity index (χ3n) is 8.02. The zero-order valence-electron chi connectivity index (χ0n) is 26.6. The first-order valence-corrected chi connectivity index (χ1v) is 21.1. The molecule has 2 unspecified atom stereocenters. The monoisotopic (exact) mass is 886 g/mol. The maximum atomic E-state index is 13.4. The number of halogens is 4. The molecule has 4 aromatic rings. The highest BCUT2D eigenvalue weighted by molar-refractivity contribution is 8.27. The van der Waals surface area contributed by atoms with E-state index in [-0.39, 0.29) is 26.6 Å². The second-order valence-corrected chi connectivity index (χ2v) is 19.0. The Morgan fingerprint density at radius 1 is 0.868 bits per heavy atom. The van der Waals surface area contributed by atoms with Gasteiger partial charge >= 0.3 is 5.97 Å². The molecule has 7 rings (SSSR count). The highest BCUT2D eigenvalue weighted by atomic mass is 35.5. The van der Waals surface area contributed by atoms with E-state index in [1.54, 1.807) is 66.7 Å². The van der Waals surface area contributed by atoms with Gasteiger partial charge in [-0.05, 0) is 67.1 Å². The molecule has 53 heavy (non-hydrogen) atoms. The Balaban J connectivity index is 0.930. The number of nitrogens with zero attached hydrogens (tertiary/aromatic N) is 2. The summed E-state index contributed by atoms with van der Waals surface area (Å²) in [5.41, 5.74) is 1.31. The van der Waals surface area contributed by atoms with Crippen molar-refractivity contribution in [3.8, 4) is 22.6 Å². The first-order valence-electron chi connectivity index (χ1n) is 15.3. The van der Waals surface area contributed by atoms with Crippen molar-refractivity contribution in [1.82, 2.24) is 9.80 Å². The highest BCUT2D eigenvalue weighted by Crippen LogP contribution is 2.54. The molecule has 2 atom stereocenters. The van der Waals surface area contributed by atoms with Crippen molar-refractivity contribution < 1.29 is 37.0 Å². The van der Waals surface area contributed by atoms with Crippen LogP contribution >= 0.6 is 105 Å². The van der Waals surface area contributed by atoms with Gasteiger partial charge in [0.2, 0.25) is 0 Å². The summed E-state index contributed by atoms with van der Waals surface area (Å²) in [6.45, 7) is -0.550. The van der Waals surface area contributed by atoms with E-state index in [4.69, 9.17) is 88.9 Å². The minimum Gasteiger partial charge on any atom is -0.457 e. The van der Waals surface area contributed by atoms with E-state index in [2.05, 4.69) is 0 Å². The molecule has 2 aromatic carbocycles. The molecule has 3 aliphatic rings. The number of carbonyl (C=O) groups excluding carboxylic acids is 3. The number of benzene rings is 2. The molecular weight excluding hydrogens is 867 g/mol. The van der Waals surface area contributed by atoms with Gasteiger partial charge in [-0.25, -0.2) is 4.79 Å². The van der Waals surface area contributed by atoms with E-state index in [1.807, 2.05) is 0 Å². The fraction of sp³-hybridized carbons (Fsp3) is 0.147. The van der Waals surface area contributed by atoms with E-state index in [0.29, 0.717) is 69.9 Å². The fourth-order valence-corrected chi connectivity index (χ4v) is 10.8. The van der Waals surface area contributed by atoms with Gasteiger partial charge in [-0.1, -0.05) is 98.7 Å². The predicted molar refractivity (Wildman–Crippen MR) is 219 cm³/mol. The molecule has 2 amide bonds. The van der Waals surface area contributed by atoms with Gasteiger partial charge in [0.15, 0.2) is 0 Å². The minimum atomic E-state index is -2.93. The van der Waals surface area contributed by atoms with Crippen LogP contribution < -0.4 is 0 Å². The topological polar surface area (TPSA) is 123 Å². The molecule has 0 radical (unpaired) electrons. The summed E-state index contributed by atoms with van der Waals surface area (Å²) >= 11 is 37.5. The number of carbonyl (C=O) groups is 3. The summed E-state index contributed by atoms with van der Waals surface area (Å²) in [5.74, 6) is 0.0673. The summed E-state index contributed by atoms with van der Waals surface area (Å²) in [6, 6.07) is 16.4. The highest BCUT2D eigenvalue weighted by Gasteiger charge is 2.44. The van der Waals surface area contributed by atoms with E-state index in [0.717, 1.165) is 28.4 Å². The maximum absolute atomic E-state index is 13.4. The number of hydrogen-bond donors (Lipinski definition) is 1. The summed E-state index contributed by atoms with van der Waals surface area (Å²) in [5, 5.41) is 1.74. The van der Waals surface area contributed by atoms with Crippen molar-refractivity contribution >= 4 is 144 Å². The smallest absolute Gasteiger partial charge is 0.364 e. The van der Waals surface area contributed by atoms with Gasteiger partial charge < -0.3 is 8.83 Å². The van der Waals surface area contributed by atoms with Crippen LogP contribution in [0.5, 0.6) is 0 Å². The Kier molecular flexibility index (Phi) is 11.4. The lowest BCUT2D eigenvalue weighted by molar-refractivity contribution is -0.211. The van der Waals surface area contributed by atoms with Gasteiger partial charge in [-0.3, -0.25) is 28.8 Å². The van der Waals surface area contributed by atoms with Crippen molar-refractivity contribution in [2.24, 2.45) is 0 Å². The number of thioether (sulfide) groups is 2. The van der Waals surface area contributed by atoms with Crippen LogP contribution in [0.1, 0.15) is 17.9 Å². The van der Waals surface area contributed by atoms with Crippen molar-refractivity contribution in [1.29, 1.82) is 0 Å². The Bertz CT molecular complexity index is 2280. The average molecular weight is 889 g/mol. The number of hydrogen-bond acceptors (Lipinski definition) is 12. The third kappa shape index (κ3) is 8.40. The first-order chi connectivity index (χ1) is 25.3. The standard InChI is InChI=1S/C34H22Cl4N2O8S5/c35-18-2-6-23(36)22(12-18)27-8-4-21(46-27)14-29-32(43)40(34(50)52-29)19-9-10-53(44,16-19)48-47-30(41)15-39-31(42)28(51-33(39)49)13-20-3-7-26(45-20)17-1-5-24(37)25(38)11-17/h1-8,11-14,19,44H,9-10,15-16H2/b28-13+,29-14+. The van der Waals surface area contributed by atoms with Crippen LogP contribution in [-0.4, -0.2) is 64.9 Å². The van der Waals surface area contributed by atoms with Crippen LogP contribution in [0, 0.1) is 0 Å². The van der Waals surface area contributed by atoms with Crippen molar-refractivity contribution in [3.63, 3.8) is 0 Å². The SMILES string of the molecule is O=C(CN1C(=O)/C(=C\c2ccc(-c3ccc(Cl)c(Cl)c3)o2)SC1=S)OOS1(O)CCC(N2C(=O)/C(=C\c3ccc(-c4cc(Cl)ccc4Cl)o3)SC2=S)C1. The Morgan fingerprint density at radius 3 is 2.26 bits per heavy atom. The Morgan fingerprint density at radius 2 is 1.53 bits per heavy atom. The molecule has 3 saturated heterocycles. The molecule has 19 heteroatoms. The molecule has 5 heterocycles. The largest absolute Gasteiger partial charge is 0.457 e. The Hall–Kier alpha value is -2.80. The van der Waals surface area contributed by atoms with Gasteiger partial charge in [-0.2, -0.15) is 10.6 Å². The summed E-state index contributed by atoms with van der Waals surface area (Å²) in [7, 11) is -2.93. The summed E-state index contributed by atoms with van der Waals surface area (Å²) < 4.78 is 28.7. The molecule has 0 saturated carbocycles. The molecule has 0 spiro atoms. The molecule has 274 valence electrons. The number of thiocarbonyl (C=S) groups is 2. The first kappa shape index (κ1) is 38.5. The summed E-state index contributed by atoms with van der Waals surface area (Å²) in [4.78, 5) is 47.4. The van der Waals surface area contributed by atoms with E-state index < -0.39 is 35.1 Å². The predicted octanol–water partition coefficient (Wildman–Crippen LogP) is 10.4. The summed E-state index contributed by atoms with van der Waals surface area (Å²) in [6.07, 6.45) is 3.44. The number of amides is 2. The quantitative estimate of drug-likeness (QED) is 0.0745. The number of rotatable bonds is 9. The van der Waals surface area contributed by atoms with Crippen molar-refractivity contribution in [3.05, 3.63) is 102 Å². The third-order valence-corrected chi connectivity index (χ3v) is 14.1. The maximum Gasteiger partial charge on any atom is 0.364 e. The zero-order valence-corrected chi connectivity index (χ0v) is 33.7. The molecule has 0 aliphatic carbocycles. The van der Waals surface area contributed by atoms with Crippen LogP contribution in [0.4, 0.5) is 0 Å². The van der Waals surface area contributed by atoms with E-state index >= 15 is 0 Å². The average Bonchev–Trinajstić information content (AvgIpc) is 3.95. The molecule has 10 nitrogen and oxygen atoms in total. The normalized spacial score (nSPS) is 23.2. The van der Waals surface area contributed by atoms with Gasteiger partial charge in [0.1, 0.15) is 38.2 Å². The molecule has 3 fully saturated rings. The second kappa shape index (κ2) is 15.7. The van der Waals surface area contributed by atoms with Gasteiger partial charge in [0.25, 0.3) is 11.8 Å². The van der Waals surface area contributed by atoms with Gasteiger partial charge in [0, 0.05) is 34.1 Å². The van der Waals surface area contributed by atoms with Crippen LogP contribution in [-0.2, 0) is 23.6 Å². The van der Waals surface area contributed by atoms with E-state index in [9.17, 15) is 18.9 Å². The van der Waals surface area contributed by atoms with Crippen LogP contribution in [0.25, 0.3) is 34.8 Å². The number of furan rings is 2. The van der Waals surface area contributed by atoms with Crippen LogP contribution in [0.3, 0.4) is 0 Å².